The molecule has 1 heterocycles. The van der Waals surface area contributed by atoms with Gasteiger partial charge in [0.25, 0.3) is 40.5 Å². The minimum Gasteiger partial charge on any atom is -0.395 e. The van der Waals surface area contributed by atoms with Crippen LogP contribution in [0.15, 0.2) is 137 Å². The number of aliphatic hydroxyl groups is 1. The molecule has 0 aliphatic heterocycles. The van der Waals surface area contributed by atoms with Crippen LogP contribution < -0.4 is 16.0 Å². The van der Waals surface area contributed by atoms with Gasteiger partial charge in [-0.2, -0.15) is 69.1 Å². The normalized spacial score (nSPS) is 12.7. The average Bonchev–Trinajstić information content (AvgIpc) is 3.22. The van der Waals surface area contributed by atoms with Crippen LogP contribution in [0.1, 0.15) is 11.1 Å². The van der Waals surface area contributed by atoms with Crippen molar-refractivity contribution in [3.05, 3.63) is 108 Å². The minimum atomic E-state index is -4.87. The molecule has 6 aromatic carbocycles. The molecule has 23 nitrogen and oxygen atoms in total. The van der Waals surface area contributed by atoms with E-state index in [1.54, 1.807) is 50.2 Å². The van der Waals surface area contributed by atoms with Crippen LogP contribution in [-0.2, 0) is 40.5 Å². The lowest BCUT2D eigenvalue weighted by atomic mass is 10.1. The third kappa shape index (κ3) is 10.8. The number of aromatic nitrogens is 3. The Bertz CT molecular complexity index is 3630. The third-order valence-corrected chi connectivity index (χ3v) is 13.0. The maximum absolute atomic E-state index is 12.2. The summed E-state index contributed by atoms with van der Waals surface area (Å²) in [6, 6.07) is 21.0. The zero-order chi connectivity index (χ0) is 47.8. The fourth-order valence-electron chi connectivity index (χ4n) is 6.51. The smallest absolute Gasteiger partial charge is 0.295 e. The molecule has 0 unspecified atom stereocenters. The molecular formula is C39H34N10O13S4. The van der Waals surface area contributed by atoms with E-state index in [0.717, 1.165) is 24.3 Å². The Labute approximate surface area is 375 Å². The highest BCUT2D eigenvalue weighted by Crippen LogP contribution is 2.36. The Morgan fingerprint density at radius 3 is 1.42 bits per heavy atom. The van der Waals surface area contributed by atoms with Crippen molar-refractivity contribution in [2.75, 3.05) is 29.1 Å². The van der Waals surface area contributed by atoms with Crippen molar-refractivity contribution in [2.45, 2.75) is 33.4 Å². The predicted octanol–water partition coefficient (Wildman–Crippen LogP) is 7.50. The molecule has 0 fully saturated rings. The van der Waals surface area contributed by atoms with Gasteiger partial charge in [-0.3, -0.25) is 18.2 Å². The highest BCUT2D eigenvalue weighted by Gasteiger charge is 2.23. The zero-order valence-electron chi connectivity index (χ0n) is 33.9. The second kappa shape index (κ2) is 18.1. The highest BCUT2D eigenvalue weighted by atomic mass is 32.2. The van der Waals surface area contributed by atoms with Gasteiger partial charge in [0, 0.05) is 39.5 Å². The number of aliphatic hydroxyl groups excluding tert-OH is 1. The molecule has 0 aliphatic rings. The number of anilines is 5. The molecule has 0 aliphatic carbocycles. The molecule has 1 aromatic heterocycles. The van der Waals surface area contributed by atoms with Crippen molar-refractivity contribution in [3.63, 3.8) is 0 Å². The van der Waals surface area contributed by atoms with E-state index in [4.69, 9.17) is 0 Å². The molecule has 66 heavy (non-hydrogen) atoms. The summed E-state index contributed by atoms with van der Waals surface area (Å²) in [6.45, 7) is 3.31. The standard InChI is InChI=1S/C39H34N10O13S4/c1-21-16-23(7-10-31(21)48-46-25-6-9-28-29(18-25)35(65(57,58)59)13-12-34(28)64(54,55)56)41-38-43-37(40-14-15-50)44-39(45-38)42-24-8-11-32(22(2)17-24)49-47-26-19-30-27(36(20-26)66(60,61)62)4-3-5-33(30)63(51,52)53/h3-13,16-20,50H,14-15H2,1-2H3,(H,51,52,53)(H,54,55,56)(H,57,58,59)(H,60,61,62)(H3,40,41,42,43,44,45). The molecule has 0 spiro atoms. The monoisotopic (exact) mass is 978 g/mol. The van der Waals surface area contributed by atoms with Crippen LogP contribution in [0.4, 0.5) is 52.0 Å². The summed E-state index contributed by atoms with van der Waals surface area (Å²) >= 11 is 0. The van der Waals surface area contributed by atoms with Gasteiger partial charge in [-0.25, -0.2) is 0 Å². The number of nitrogens with zero attached hydrogens (tertiary/aromatic N) is 7. The molecule has 342 valence electrons. The molecule has 8 N–H and O–H groups in total. The number of rotatable bonds is 15. The van der Waals surface area contributed by atoms with E-state index in [2.05, 4.69) is 51.4 Å². The number of aryl methyl sites for hydroxylation is 2. The first-order valence-electron chi connectivity index (χ1n) is 18.7. The van der Waals surface area contributed by atoms with E-state index in [0.29, 0.717) is 33.9 Å². The lowest BCUT2D eigenvalue weighted by molar-refractivity contribution is 0.310. The highest BCUT2D eigenvalue weighted by molar-refractivity contribution is 7.87. The molecule has 27 heteroatoms. The van der Waals surface area contributed by atoms with Crippen LogP contribution in [0.25, 0.3) is 21.5 Å². The van der Waals surface area contributed by atoms with Gasteiger partial charge in [0.05, 0.1) is 29.4 Å². The van der Waals surface area contributed by atoms with Gasteiger partial charge >= 0.3 is 0 Å². The van der Waals surface area contributed by atoms with Crippen LogP contribution >= 0.6 is 0 Å². The molecule has 0 saturated carbocycles. The maximum Gasteiger partial charge on any atom is 0.295 e. The van der Waals surface area contributed by atoms with Crippen molar-refractivity contribution >= 4 is 114 Å². The number of benzene rings is 6. The molecule has 0 bridgehead atoms. The number of nitrogens with one attached hydrogen (secondary N) is 3. The van der Waals surface area contributed by atoms with Gasteiger partial charge in [0.15, 0.2) is 0 Å². The van der Waals surface area contributed by atoms with E-state index in [9.17, 15) is 57.0 Å². The molecular weight excluding hydrogens is 945 g/mol. The van der Waals surface area contributed by atoms with Crippen LogP contribution in [0, 0.1) is 13.8 Å². The molecule has 7 rings (SSSR count). The Balaban J connectivity index is 1.11. The summed E-state index contributed by atoms with van der Waals surface area (Å²) in [5, 5.41) is 34.4. The predicted molar refractivity (Wildman–Crippen MR) is 240 cm³/mol. The topological polar surface area (TPSA) is 362 Å². The van der Waals surface area contributed by atoms with Crippen LogP contribution in [0.5, 0.6) is 0 Å². The van der Waals surface area contributed by atoms with Gasteiger partial charge in [0.2, 0.25) is 17.8 Å². The minimum absolute atomic E-state index is 0.0728. The van der Waals surface area contributed by atoms with Crippen molar-refractivity contribution in [3.8, 4) is 0 Å². The van der Waals surface area contributed by atoms with Crippen molar-refractivity contribution in [2.24, 2.45) is 20.5 Å². The van der Waals surface area contributed by atoms with Crippen LogP contribution in [-0.4, -0.2) is 85.1 Å². The zero-order valence-corrected chi connectivity index (χ0v) is 37.2. The van der Waals surface area contributed by atoms with Gasteiger partial charge < -0.3 is 21.1 Å². The summed E-state index contributed by atoms with van der Waals surface area (Å²) in [5.74, 6) is 0.251. The summed E-state index contributed by atoms with van der Waals surface area (Å²) < 4.78 is 135. The Morgan fingerprint density at radius 2 is 0.924 bits per heavy atom. The lowest BCUT2D eigenvalue weighted by Crippen LogP contribution is -2.12. The van der Waals surface area contributed by atoms with Gasteiger partial charge in [0.1, 0.15) is 19.6 Å². The number of hydrogen-bond acceptors (Lipinski definition) is 19. The first kappa shape index (κ1) is 47.0. The maximum atomic E-state index is 12.2. The van der Waals surface area contributed by atoms with Gasteiger partial charge in [-0.05, 0) is 104 Å². The summed E-state index contributed by atoms with van der Waals surface area (Å²) in [7, 11) is -19.2. The Hall–Kier alpha value is -6.95. The summed E-state index contributed by atoms with van der Waals surface area (Å²) in [4.78, 5) is 10.8. The summed E-state index contributed by atoms with van der Waals surface area (Å²) in [6.07, 6.45) is 0. The first-order valence-corrected chi connectivity index (χ1v) is 24.5. The second-order valence-corrected chi connectivity index (χ2v) is 19.7. The fraction of sp³-hybridized carbons (Fsp3) is 0.103. The van der Waals surface area contributed by atoms with E-state index in [1.165, 1.54) is 36.4 Å². The third-order valence-electron chi connectivity index (χ3n) is 9.42. The SMILES string of the molecule is Cc1cc(Nc2nc(NCCO)nc(Nc3ccc(N=Nc4cc(S(=O)(=O)O)c5cccc(S(=O)(=O)O)c5c4)c(C)c3)n2)ccc1N=Nc1ccc2c(S(=O)(=O)O)ccc(S(=O)(=O)O)c2c1. The number of azo groups is 2. The van der Waals surface area contributed by atoms with Crippen molar-refractivity contribution in [1.29, 1.82) is 0 Å². The fourth-order valence-corrected chi connectivity index (χ4v) is 9.31. The number of hydrogen-bond donors (Lipinski definition) is 8. The average molecular weight is 979 g/mol. The molecule has 7 aromatic rings. The molecule has 0 amide bonds. The molecule has 0 atom stereocenters. The molecule has 0 saturated heterocycles. The quantitative estimate of drug-likeness (QED) is 0.0364. The van der Waals surface area contributed by atoms with Gasteiger partial charge in [-0.1, -0.05) is 18.2 Å². The van der Waals surface area contributed by atoms with Gasteiger partial charge in [-0.15, -0.1) is 0 Å². The molecule has 0 radical (unpaired) electrons. The van der Waals surface area contributed by atoms with E-state index in [-0.39, 0.29) is 63.9 Å². The summed E-state index contributed by atoms with van der Waals surface area (Å²) in [5.41, 5.74) is 2.82. The first-order chi connectivity index (χ1) is 31.0. The van der Waals surface area contributed by atoms with Crippen LogP contribution in [0.3, 0.4) is 0 Å². The van der Waals surface area contributed by atoms with E-state index >= 15 is 0 Å². The van der Waals surface area contributed by atoms with E-state index in [1.807, 2.05) is 0 Å². The second-order valence-electron chi connectivity index (χ2n) is 14.1. The van der Waals surface area contributed by atoms with Crippen molar-refractivity contribution in [1.82, 2.24) is 15.0 Å². The Kier molecular flexibility index (Phi) is 12.9. The van der Waals surface area contributed by atoms with E-state index < -0.39 is 60.1 Å². The van der Waals surface area contributed by atoms with Crippen LogP contribution in [0.2, 0.25) is 0 Å². The number of fused-ring (bicyclic) bond motifs is 2. The largest absolute Gasteiger partial charge is 0.395 e. The Morgan fingerprint density at radius 1 is 0.470 bits per heavy atom. The lowest BCUT2D eigenvalue weighted by Gasteiger charge is -2.12. The van der Waals surface area contributed by atoms with Crippen molar-refractivity contribution < 1.29 is 57.0 Å².